The van der Waals surface area contributed by atoms with Gasteiger partial charge in [0.15, 0.2) is 0 Å². The maximum atomic E-state index is 5.84. The van der Waals surface area contributed by atoms with Gasteiger partial charge in [0.2, 0.25) is 5.95 Å². The first-order chi connectivity index (χ1) is 7.29. The molecule has 2 rings (SSSR count). The minimum Gasteiger partial charge on any atom is -0.338 e. The molecule has 1 aromatic rings. The summed E-state index contributed by atoms with van der Waals surface area (Å²) in [5.74, 6) is 1.81. The molecule has 0 amide bonds. The zero-order valence-corrected chi connectivity index (χ0v) is 9.24. The second-order valence-electron chi connectivity index (χ2n) is 4.18. The van der Waals surface area contributed by atoms with Gasteiger partial charge in [0.1, 0.15) is 5.82 Å². The first kappa shape index (κ1) is 10.4. The summed E-state index contributed by atoms with van der Waals surface area (Å²) < 4.78 is 0. The highest BCUT2D eigenvalue weighted by molar-refractivity contribution is 5.31. The van der Waals surface area contributed by atoms with Gasteiger partial charge in [-0.15, -0.1) is 5.10 Å². The van der Waals surface area contributed by atoms with Crippen LogP contribution < -0.4 is 10.6 Å². The van der Waals surface area contributed by atoms with Gasteiger partial charge in [-0.25, -0.2) is 0 Å². The second kappa shape index (κ2) is 4.61. The fourth-order valence-electron chi connectivity index (χ4n) is 1.85. The third kappa shape index (κ3) is 2.47. The molecule has 1 aliphatic heterocycles. The van der Waals surface area contributed by atoms with Crippen molar-refractivity contribution in [3.05, 3.63) is 5.82 Å². The number of H-pyrrole nitrogens is 1. The van der Waals surface area contributed by atoms with E-state index in [1.165, 1.54) is 6.42 Å². The average molecular weight is 209 g/mol. The van der Waals surface area contributed by atoms with Crippen LogP contribution in [0, 0.1) is 0 Å². The number of hydrogen-bond donors (Lipinski definition) is 2. The monoisotopic (exact) mass is 209 g/mol. The quantitative estimate of drug-likeness (QED) is 0.765. The lowest BCUT2D eigenvalue weighted by atomic mass is 10.2. The van der Waals surface area contributed by atoms with Crippen LogP contribution >= 0.6 is 0 Å². The van der Waals surface area contributed by atoms with E-state index in [9.17, 15) is 0 Å². The summed E-state index contributed by atoms with van der Waals surface area (Å²) in [5.41, 5.74) is 5.84. The summed E-state index contributed by atoms with van der Waals surface area (Å²) in [6.45, 7) is 4.04. The van der Waals surface area contributed by atoms with Crippen molar-refractivity contribution in [2.24, 2.45) is 5.73 Å². The van der Waals surface area contributed by atoms with Crippen molar-refractivity contribution in [2.45, 2.75) is 38.6 Å². The molecule has 0 bridgehead atoms. The lowest BCUT2D eigenvalue weighted by Gasteiger charge is -2.11. The molecular weight excluding hydrogens is 190 g/mol. The van der Waals surface area contributed by atoms with Gasteiger partial charge in [-0.1, -0.05) is 13.3 Å². The molecule has 1 saturated heterocycles. The third-order valence-electron chi connectivity index (χ3n) is 2.79. The van der Waals surface area contributed by atoms with E-state index in [0.717, 1.165) is 44.1 Å². The Morgan fingerprint density at radius 3 is 3.13 bits per heavy atom. The van der Waals surface area contributed by atoms with Crippen LogP contribution in [-0.2, 0) is 6.42 Å². The maximum Gasteiger partial charge on any atom is 0.244 e. The maximum absolute atomic E-state index is 5.84. The van der Waals surface area contributed by atoms with Crippen LogP contribution in [0.25, 0.3) is 0 Å². The Morgan fingerprint density at radius 1 is 1.60 bits per heavy atom. The van der Waals surface area contributed by atoms with Crippen LogP contribution in [0.3, 0.4) is 0 Å². The molecule has 84 valence electrons. The SMILES string of the molecule is CCCCc1nc(N2CCC(N)C2)n[nH]1. The molecular formula is C10H19N5. The Balaban J connectivity index is 1.94. The molecule has 2 heterocycles. The van der Waals surface area contributed by atoms with E-state index in [0.29, 0.717) is 0 Å². The number of hydrogen-bond acceptors (Lipinski definition) is 4. The lowest BCUT2D eigenvalue weighted by molar-refractivity contribution is 0.750. The minimum absolute atomic E-state index is 0.280. The van der Waals surface area contributed by atoms with Crippen molar-refractivity contribution in [1.82, 2.24) is 15.2 Å². The van der Waals surface area contributed by atoms with Gasteiger partial charge in [-0.2, -0.15) is 4.98 Å². The summed E-state index contributed by atoms with van der Waals surface area (Å²) in [6.07, 6.45) is 4.38. The number of nitrogens with two attached hydrogens (primary N) is 1. The number of nitrogens with zero attached hydrogens (tertiary/aromatic N) is 3. The number of anilines is 1. The van der Waals surface area contributed by atoms with Crippen LogP contribution in [0.4, 0.5) is 5.95 Å². The van der Waals surface area contributed by atoms with E-state index in [2.05, 4.69) is 27.0 Å². The second-order valence-corrected chi connectivity index (χ2v) is 4.18. The summed E-state index contributed by atoms with van der Waals surface area (Å²) in [4.78, 5) is 6.62. The van der Waals surface area contributed by atoms with Crippen LogP contribution in [0.5, 0.6) is 0 Å². The van der Waals surface area contributed by atoms with Crippen LogP contribution in [0.1, 0.15) is 32.0 Å². The smallest absolute Gasteiger partial charge is 0.244 e. The summed E-state index contributed by atoms with van der Waals surface area (Å²) in [7, 11) is 0. The van der Waals surface area contributed by atoms with Gasteiger partial charge < -0.3 is 10.6 Å². The number of unbranched alkanes of at least 4 members (excludes halogenated alkanes) is 1. The molecule has 1 fully saturated rings. The molecule has 0 spiro atoms. The fraction of sp³-hybridized carbons (Fsp3) is 0.800. The first-order valence-corrected chi connectivity index (χ1v) is 5.71. The van der Waals surface area contributed by atoms with E-state index in [1.807, 2.05) is 0 Å². The molecule has 1 aliphatic rings. The Labute approximate surface area is 90.1 Å². The standard InChI is InChI=1S/C10H19N5/c1-2-3-4-9-12-10(14-13-9)15-6-5-8(11)7-15/h8H,2-7,11H2,1H3,(H,12,13,14). The van der Waals surface area contributed by atoms with Crippen molar-refractivity contribution in [3.63, 3.8) is 0 Å². The van der Waals surface area contributed by atoms with Gasteiger partial charge in [0.25, 0.3) is 0 Å². The van der Waals surface area contributed by atoms with Crippen molar-refractivity contribution >= 4 is 5.95 Å². The van der Waals surface area contributed by atoms with Crippen molar-refractivity contribution < 1.29 is 0 Å². The molecule has 5 heteroatoms. The summed E-state index contributed by atoms with van der Waals surface area (Å²) in [5, 5.41) is 7.21. The predicted octanol–water partition coefficient (Wildman–Crippen LogP) is 0.685. The van der Waals surface area contributed by atoms with Crippen molar-refractivity contribution in [2.75, 3.05) is 18.0 Å². The number of aromatic amines is 1. The van der Waals surface area contributed by atoms with E-state index in [1.54, 1.807) is 0 Å². The Hall–Kier alpha value is -1.10. The third-order valence-corrected chi connectivity index (χ3v) is 2.79. The van der Waals surface area contributed by atoms with Crippen LogP contribution in [0.15, 0.2) is 0 Å². The number of aryl methyl sites for hydroxylation is 1. The van der Waals surface area contributed by atoms with Crippen molar-refractivity contribution in [3.8, 4) is 0 Å². The highest BCUT2D eigenvalue weighted by Crippen LogP contribution is 2.15. The average Bonchev–Trinajstić information content (AvgIpc) is 2.83. The Morgan fingerprint density at radius 2 is 2.47 bits per heavy atom. The molecule has 1 atom stereocenters. The van der Waals surface area contributed by atoms with E-state index in [4.69, 9.17) is 5.73 Å². The summed E-state index contributed by atoms with van der Waals surface area (Å²) in [6, 6.07) is 0.280. The lowest BCUT2D eigenvalue weighted by Crippen LogP contribution is -2.26. The van der Waals surface area contributed by atoms with E-state index >= 15 is 0 Å². The Bertz CT molecular complexity index is 309. The topological polar surface area (TPSA) is 70.8 Å². The molecule has 0 aliphatic carbocycles. The van der Waals surface area contributed by atoms with Gasteiger partial charge >= 0.3 is 0 Å². The first-order valence-electron chi connectivity index (χ1n) is 5.71. The van der Waals surface area contributed by atoms with Crippen LogP contribution in [0.2, 0.25) is 0 Å². The zero-order chi connectivity index (χ0) is 10.7. The van der Waals surface area contributed by atoms with Crippen LogP contribution in [-0.4, -0.2) is 34.3 Å². The molecule has 0 aromatic carbocycles. The van der Waals surface area contributed by atoms with Gasteiger partial charge in [-0.3, -0.25) is 5.10 Å². The van der Waals surface area contributed by atoms with Gasteiger partial charge in [-0.05, 0) is 12.8 Å². The molecule has 3 N–H and O–H groups in total. The molecule has 0 saturated carbocycles. The highest BCUT2D eigenvalue weighted by atomic mass is 15.4. The van der Waals surface area contributed by atoms with Gasteiger partial charge in [0, 0.05) is 25.6 Å². The largest absolute Gasteiger partial charge is 0.338 e. The number of rotatable bonds is 4. The van der Waals surface area contributed by atoms with E-state index in [-0.39, 0.29) is 6.04 Å². The van der Waals surface area contributed by atoms with Crippen molar-refractivity contribution in [1.29, 1.82) is 0 Å². The number of aromatic nitrogens is 3. The predicted molar refractivity (Wildman–Crippen MR) is 59.8 cm³/mol. The normalized spacial score (nSPS) is 21.2. The molecule has 15 heavy (non-hydrogen) atoms. The van der Waals surface area contributed by atoms with Gasteiger partial charge in [0.05, 0.1) is 0 Å². The highest BCUT2D eigenvalue weighted by Gasteiger charge is 2.22. The minimum atomic E-state index is 0.280. The van der Waals surface area contributed by atoms with E-state index < -0.39 is 0 Å². The summed E-state index contributed by atoms with van der Waals surface area (Å²) >= 11 is 0. The molecule has 1 aromatic heterocycles. The molecule has 5 nitrogen and oxygen atoms in total. The fourth-order valence-corrected chi connectivity index (χ4v) is 1.85. The zero-order valence-electron chi connectivity index (χ0n) is 9.24. The Kier molecular flexibility index (Phi) is 3.20. The molecule has 0 radical (unpaired) electrons. The molecule has 1 unspecified atom stereocenters. The number of nitrogens with one attached hydrogen (secondary N) is 1.